The Hall–Kier alpha value is -2.88. The van der Waals surface area contributed by atoms with Crippen molar-refractivity contribution in [2.45, 2.75) is 26.2 Å². The van der Waals surface area contributed by atoms with Gasteiger partial charge in [-0.3, -0.25) is 0 Å². The summed E-state index contributed by atoms with van der Waals surface area (Å²) in [4.78, 5) is 9.15. The summed E-state index contributed by atoms with van der Waals surface area (Å²) in [7, 11) is 0. The highest BCUT2D eigenvalue weighted by Crippen LogP contribution is 2.29. The van der Waals surface area contributed by atoms with Crippen LogP contribution >= 0.6 is 0 Å². The van der Waals surface area contributed by atoms with E-state index in [0.717, 1.165) is 41.5 Å². The van der Waals surface area contributed by atoms with Gasteiger partial charge in [0.1, 0.15) is 11.6 Å². The van der Waals surface area contributed by atoms with Crippen LogP contribution in [0.1, 0.15) is 23.5 Å². The maximum atomic E-state index is 4.59. The van der Waals surface area contributed by atoms with Crippen LogP contribution in [-0.2, 0) is 12.8 Å². The van der Waals surface area contributed by atoms with Gasteiger partial charge in [0, 0.05) is 28.3 Å². The number of fused-ring (bicyclic) bond motifs is 1. The molecule has 0 fully saturated rings. The van der Waals surface area contributed by atoms with Gasteiger partial charge in [-0.25, -0.2) is 9.97 Å². The Morgan fingerprint density at radius 1 is 0.750 bits per heavy atom. The molecule has 1 aliphatic rings. The van der Waals surface area contributed by atoms with E-state index in [1.165, 1.54) is 17.7 Å². The lowest BCUT2D eigenvalue weighted by Gasteiger charge is -2.12. The van der Waals surface area contributed by atoms with Crippen LogP contribution in [0.15, 0.2) is 54.6 Å². The molecule has 0 unspecified atom stereocenters. The number of aromatic nitrogens is 2. The van der Waals surface area contributed by atoms with Crippen molar-refractivity contribution in [2.24, 2.45) is 0 Å². The minimum atomic E-state index is 0.834. The van der Waals surface area contributed by atoms with Gasteiger partial charge in [0.15, 0.2) is 0 Å². The highest BCUT2D eigenvalue weighted by atomic mass is 15.0. The maximum absolute atomic E-state index is 4.59. The van der Waals surface area contributed by atoms with Crippen LogP contribution in [0.4, 0.5) is 22.9 Å². The van der Waals surface area contributed by atoms with Gasteiger partial charge in [-0.1, -0.05) is 18.2 Å². The second-order valence-corrected chi connectivity index (χ2v) is 6.09. The molecule has 2 N–H and O–H groups in total. The molecule has 4 nitrogen and oxygen atoms in total. The summed E-state index contributed by atoms with van der Waals surface area (Å²) in [6.45, 7) is 1.96. The first-order valence-electron chi connectivity index (χ1n) is 8.33. The van der Waals surface area contributed by atoms with E-state index in [2.05, 4.69) is 57.0 Å². The van der Waals surface area contributed by atoms with Crippen molar-refractivity contribution in [2.75, 3.05) is 10.6 Å². The lowest BCUT2D eigenvalue weighted by molar-refractivity contribution is 0.895. The molecule has 24 heavy (non-hydrogen) atoms. The van der Waals surface area contributed by atoms with E-state index >= 15 is 0 Å². The molecule has 3 aromatic rings. The van der Waals surface area contributed by atoms with E-state index in [1.54, 1.807) is 0 Å². The fourth-order valence-corrected chi connectivity index (χ4v) is 3.12. The normalized spacial score (nSPS) is 12.7. The third kappa shape index (κ3) is 3.08. The monoisotopic (exact) mass is 316 g/mol. The molecule has 0 bridgehead atoms. The van der Waals surface area contributed by atoms with Crippen molar-refractivity contribution in [3.63, 3.8) is 0 Å². The third-order valence-corrected chi connectivity index (χ3v) is 4.26. The summed E-state index contributed by atoms with van der Waals surface area (Å²) in [6, 6.07) is 18.5. The molecule has 0 aliphatic heterocycles. The van der Waals surface area contributed by atoms with Crippen LogP contribution in [0, 0.1) is 6.92 Å². The predicted octanol–water partition coefficient (Wildman–Crippen LogP) is 4.76. The van der Waals surface area contributed by atoms with Gasteiger partial charge in [-0.2, -0.15) is 0 Å². The number of hydrogen-bond acceptors (Lipinski definition) is 4. The minimum Gasteiger partial charge on any atom is -0.356 e. The Labute approximate surface area is 142 Å². The number of rotatable bonds is 4. The zero-order chi connectivity index (χ0) is 16.4. The largest absolute Gasteiger partial charge is 0.356 e. The van der Waals surface area contributed by atoms with Gasteiger partial charge < -0.3 is 10.6 Å². The van der Waals surface area contributed by atoms with Gasteiger partial charge in [0.05, 0.1) is 0 Å². The van der Waals surface area contributed by atoms with E-state index in [-0.39, 0.29) is 0 Å². The summed E-state index contributed by atoms with van der Waals surface area (Å²) in [5, 5.41) is 6.85. The van der Waals surface area contributed by atoms with E-state index in [1.807, 2.05) is 25.1 Å². The van der Waals surface area contributed by atoms with Gasteiger partial charge >= 0.3 is 0 Å². The van der Waals surface area contributed by atoms with Gasteiger partial charge in [-0.05, 0) is 62.6 Å². The van der Waals surface area contributed by atoms with Crippen molar-refractivity contribution in [1.29, 1.82) is 0 Å². The number of benzene rings is 2. The molecule has 0 radical (unpaired) electrons. The molecule has 0 saturated heterocycles. The molecule has 1 aromatic heterocycles. The van der Waals surface area contributed by atoms with Crippen LogP contribution in [0.5, 0.6) is 0 Å². The molecular formula is C20H20N4. The minimum absolute atomic E-state index is 0.834. The van der Waals surface area contributed by atoms with Gasteiger partial charge in [0.2, 0.25) is 0 Å². The van der Waals surface area contributed by atoms with Crippen molar-refractivity contribution in [1.82, 2.24) is 9.97 Å². The zero-order valence-electron chi connectivity index (χ0n) is 13.7. The van der Waals surface area contributed by atoms with Gasteiger partial charge in [-0.15, -0.1) is 0 Å². The lowest BCUT2D eigenvalue weighted by atomic mass is 10.2. The molecular weight excluding hydrogens is 296 g/mol. The summed E-state index contributed by atoms with van der Waals surface area (Å²) in [6.07, 6.45) is 3.29. The Morgan fingerprint density at radius 2 is 1.42 bits per heavy atom. The lowest BCUT2D eigenvalue weighted by Crippen LogP contribution is -2.03. The standard InChI is InChI=1S/C20H20N4/c1-14-21-19-9-5-8-18(19)20(22-14)24-17-12-10-16(11-13-17)23-15-6-3-2-4-7-15/h2-4,6-7,10-13,23H,5,8-9H2,1H3,(H,21,22,24). The second-order valence-electron chi connectivity index (χ2n) is 6.09. The summed E-state index contributed by atoms with van der Waals surface area (Å²) in [5.74, 6) is 1.79. The van der Waals surface area contributed by atoms with Crippen LogP contribution in [0.2, 0.25) is 0 Å². The van der Waals surface area contributed by atoms with Crippen molar-refractivity contribution >= 4 is 22.9 Å². The smallest absolute Gasteiger partial charge is 0.137 e. The molecule has 2 aromatic carbocycles. The topological polar surface area (TPSA) is 49.8 Å². The number of nitrogens with one attached hydrogen (secondary N) is 2. The highest BCUT2D eigenvalue weighted by molar-refractivity contribution is 5.66. The predicted molar refractivity (Wildman–Crippen MR) is 98.2 cm³/mol. The van der Waals surface area contributed by atoms with E-state index in [9.17, 15) is 0 Å². The Bertz CT molecular complexity index is 842. The SMILES string of the molecule is Cc1nc2c(c(Nc3ccc(Nc4ccccc4)cc3)n1)CCC2. The fourth-order valence-electron chi connectivity index (χ4n) is 3.12. The molecule has 4 heteroatoms. The van der Waals surface area contributed by atoms with Crippen LogP contribution in [-0.4, -0.2) is 9.97 Å². The Morgan fingerprint density at radius 3 is 2.17 bits per heavy atom. The average molecular weight is 316 g/mol. The molecule has 0 amide bonds. The van der Waals surface area contributed by atoms with Crippen LogP contribution < -0.4 is 10.6 Å². The second kappa shape index (κ2) is 6.32. The molecule has 0 atom stereocenters. The summed E-state index contributed by atoms with van der Waals surface area (Å²) in [5.41, 5.74) is 5.67. The van der Waals surface area contributed by atoms with E-state index in [0.29, 0.717) is 0 Å². The van der Waals surface area contributed by atoms with E-state index < -0.39 is 0 Å². The van der Waals surface area contributed by atoms with Gasteiger partial charge in [0.25, 0.3) is 0 Å². The van der Waals surface area contributed by atoms with Crippen molar-refractivity contribution in [3.05, 3.63) is 71.7 Å². The Balaban J connectivity index is 1.52. The van der Waals surface area contributed by atoms with Crippen LogP contribution in [0.25, 0.3) is 0 Å². The molecule has 120 valence electrons. The molecule has 1 aliphatic carbocycles. The highest BCUT2D eigenvalue weighted by Gasteiger charge is 2.18. The average Bonchev–Trinajstić information content (AvgIpc) is 3.06. The quantitative estimate of drug-likeness (QED) is 0.728. The van der Waals surface area contributed by atoms with E-state index in [4.69, 9.17) is 0 Å². The number of nitrogens with zero attached hydrogens (tertiary/aromatic N) is 2. The molecule has 0 spiro atoms. The van der Waals surface area contributed by atoms with Crippen molar-refractivity contribution < 1.29 is 0 Å². The maximum Gasteiger partial charge on any atom is 0.137 e. The summed E-state index contributed by atoms with van der Waals surface area (Å²) < 4.78 is 0. The number of para-hydroxylation sites is 1. The summed E-state index contributed by atoms with van der Waals surface area (Å²) >= 11 is 0. The zero-order valence-corrected chi connectivity index (χ0v) is 13.7. The molecule has 4 rings (SSSR count). The third-order valence-electron chi connectivity index (χ3n) is 4.26. The fraction of sp³-hybridized carbons (Fsp3) is 0.200. The number of anilines is 4. The first-order chi connectivity index (χ1) is 11.8. The first kappa shape index (κ1) is 14.7. The first-order valence-corrected chi connectivity index (χ1v) is 8.33. The Kier molecular flexibility index (Phi) is 3.87. The van der Waals surface area contributed by atoms with Crippen molar-refractivity contribution in [3.8, 4) is 0 Å². The molecule has 0 saturated carbocycles. The van der Waals surface area contributed by atoms with Crippen LogP contribution in [0.3, 0.4) is 0 Å². The molecule has 1 heterocycles. The number of hydrogen-bond donors (Lipinski definition) is 2. The number of aryl methyl sites for hydroxylation is 2.